The van der Waals surface area contributed by atoms with Crippen LogP contribution in [0.3, 0.4) is 0 Å². The number of aryl methyl sites for hydroxylation is 1. The molecular weight excluding hydrogens is 304 g/mol. The predicted octanol–water partition coefficient (Wildman–Crippen LogP) is 2.88. The second kappa shape index (κ2) is 4.70. The molecule has 5 atom stereocenters. The molecule has 0 unspecified atom stereocenters. The Labute approximate surface area is 141 Å². The minimum atomic E-state index is -0.490. The van der Waals surface area contributed by atoms with Crippen molar-refractivity contribution in [2.24, 2.45) is 11.8 Å². The molecule has 2 saturated carbocycles. The lowest BCUT2D eigenvalue weighted by Gasteiger charge is -2.24. The van der Waals surface area contributed by atoms with Crippen LogP contribution in [0.5, 0.6) is 0 Å². The molecule has 1 N–H and O–H groups in total. The lowest BCUT2D eigenvalue weighted by atomic mass is 10.1. The molecular formula is C18H24N4O2. The maximum absolute atomic E-state index is 6.25. The molecule has 0 aromatic carbocycles. The van der Waals surface area contributed by atoms with Gasteiger partial charge >= 0.3 is 0 Å². The number of rotatable bonds is 3. The summed E-state index contributed by atoms with van der Waals surface area (Å²) < 4.78 is 14.7. The third kappa shape index (κ3) is 1.96. The van der Waals surface area contributed by atoms with Crippen molar-refractivity contribution >= 4 is 16.9 Å². The van der Waals surface area contributed by atoms with Crippen molar-refractivity contribution in [2.75, 3.05) is 11.9 Å². The zero-order chi connectivity index (χ0) is 16.6. The number of aromatic nitrogens is 3. The van der Waals surface area contributed by atoms with Crippen molar-refractivity contribution in [3.63, 3.8) is 0 Å². The van der Waals surface area contributed by atoms with Crippen molar-refractivity contribution in [1.29, 1.82) is 0 Å². The van der Waals surface area contributed by atoms with Crippen LogP contribution in [-0.2, 0) is 9.47 Å². The van der Waals surface area contributed by atoms with Gasteiger partial charge in [-0.15, -0.1) is 0 Å². The van der Waals surface area contributed by atoms with Crippen LogP contribution in [0.15, 0.2) is 12.4 Å². The fourth-order valence-corrected chi connectivity index (χ4v) is 4.70. The fourth-order valence-electron chi connectivity index (χ4n) is 4.70. The topological polar surface area (TPSA) is 61.2 Å². The van der Waals surface area contributed by atoms with Gasteiger partial charge in [-0.2, -0.15) is 0 Å². The summed E-state index contributed by atoms with van der Waals surface area (Å²) in [6, 6.07) is 2.34. The van der Waals surface area contributed by atoms with Crippen molar-refractivity contribution in [1.82, 2.24) is 14.5 Å². The molecule has 0 radical (unpaired) electrons. The number of nitrogens with one attached hydrogen (secondary N) is 1. The number of ether oxygens (including phenoxy) is 2. The highest BCUT2D eigenvalue weighted by molar-refractivity contribution is 5.86. The Morgan fingerprint density at radius 1 is 1.29 bits per heavy atom. The monoisotopic (exact) mass is 328 g/mol. The van der Waals surface area contributed by atoms with Gasteiger partial charge in [0.05, 0.1) is 24.2 Å². The third-order valence-corrected chi connectivity index (χ3v) is 5.60. The quantitative estimate of drug-likeness (QED) is 0.939. The van der Waals surface area contributed by atoms with E-state index < -0.39 is 5.79 Å². The number of nitrogens with zero attached hydrogens (tertiary/aromatic N) is 3. The van der Waals surface area contributed by atoms with E-state index >= 15 is 0 Å². The second-order valence-corrected chi connectivity index (χ2v) is 7.78. The van der Waals surface area contributed by atoms with Crippen molar-refractivity contribution in [2.45, 2.75) is 58.2 Å². The Bertz CT molecular complexity index is 815. The summed E-state index contributed by atoms with van der Waals surface area (Å²) >= 11 is 0. The van der Waals surface area contributed by atoms with E-state index in [-0.39, 0.29) is 18.2 Å². The molecule has 3 fully saturated rings. The molecule has 1 saturated heterocycles. The van der Waals surface area contributed by atoms with Crippen molar-refractivity contribution < 1.29 is 9.47 Å². The van der Waals surface area contributed by atoms with Gasteiger partial charge in [-0.1, -0.05) is 0 Å². The van der Waals surface area contributed by atoms with Crippen LogP contribution in [0.25, 0.3) is 11.2 Å². The summed E-state index contributed by atoms with van der Waals surface area (Å²) in [6.45, 7) is 9.03. The van der Waals surface area contributed by atoms with E-state index in [1.54, 1.807) is 0 Å². The first-order valence-electron chi connectivity index (χ1n) is 8.92. The largest absolute Gasteiger partial charge is 0.383 e. The van der Waals surface area contributed by atoms with Gasteiger partial charge in [-0.3, -0.25) is 0 Å². The van der Waals surface area contributed by atoms with E-state index in [9.17, 15) is 0 Å². The van der Waals surface area contributed by atoms with Gasteiger partial charge in [0.25, 0.3) is 0 Å². The summed E-state index contributed by atoms with van der Waals surface area (Å²) in [5, 5.41) is 3.40. The Balaban J connectivity index is 1.60. The van der Waals surface area contributed by atoms with E-state index in [4.69, 9.17) is 14.5 Å². The molecule has 0 spiro atoms. The highest BCUT2D eigenvalue weighted by Crippen LogP contribution is 2.63. The molecule has 1 aliphatic heterocycles. The average molecular weight is 328 g/mol. The minimum Gasteiger partial charge on any atom is -0.383 e. The first kappa shape index (κ1) is 14.7. The average Bonchev–Trinajstić information content (AvgIpc) is 2.93. The zero-order valence-electron chi connectivity index (χ0n) is 14.6. The normalized spacial score (nSPS) is 35.9. The molecule has 3 heterocycles. The van der Waals surface area contributed by atoms with Crippen LogP contribution in [0.1, 0.15) is 38.9 Å². The van der Waals surface area contributed by atoms with Crippen LogP contribution in [-0.4, -0.2) is 39.1 Å². The summed E-state index contributed by atoms with van der Waals surface area (Å²) in [7, 11) is 0. The van der Waals surface area contributed by atoms with Crippen LogP contribution >= 0.6 is 0 Å². The van der Waals surface area contributed by atoms with Crippen LogP contribution < -0.4 is 5.32 Å². The number of pyridine rings is 1. The van der Waals surface area contributed by atoms with E-state index in [0.29, 0.717) is 11.8 Å². The van der Waals surface area contributed by atoms with Gasteiger partial charge in [-0.25, -0.2) is 9.97 Å². The van der Waals surface area contributed by atoms with Crippen molar-refractivity contribution in [3.05, 3.63) is 18.1 Å². The molecule has 5 rings (SSSR count). The highest BCUT2D eigenvalue weighted by Gasteiger charge is 2.66. The molecule has 6 heteroatoms. The second-order valence-electron chi connectivity index (χ2n) is 7.78. The van der Waals surface area contributed by atoms with Crippen LogP contribution in [0.2, 0.25) is 0 Å². The molecule has 0 bridgehead atoms. The van der Waals surface area contributed by atoms with Gasteiger partial charge in [0.2, 0.25) is 0 Å². The Morgan fingerprint density at radius 3 is 2.88 bits per heavy atom. The fraction of sp³-hybridized carbons (Fsp3) is 0.667. The maximum atomic E-state index is 6.25. The van der Waals surface area contributed by atoms with Gasteiger partial charge < -0.3 is 19.4 Å². The van der Waals surface area contributed by atoms with E-state index in [1.165, 1.54) is 6.42 Å². The van der Waals surface area contributed by atoms with Crippen LogP contribution in [0.4, 0.5) is 5.69 Å². The molecule has 24 heavy (non-hydrogen) atoms. The molecule has 3 aliphatic rings. The highest BCUT2D eigenvalue weighted by atomic mass is 16.8. The molecule has 0 amide bonds. The molecule has 2 aliphatic carbocycles. The van der Waals surface area contributed by atoms with Gasteiger partial charge in [0.1, 0.15) is 11.6 Å². The lowest BCUT2D eigenvalue weighted by molar-refractivity contribution is -0.156. The smallest absolute Gasteiger partial charge is 0.163 e. The Morgan fingerprint density at radius 2 is 2.08 bits per heavy atom. The lowest BCUT2D eigenvalue weighted by Crippen LogP contribution is -2.30. The summed E-state index contributed by atoms with van der Waals surface area (Å²) in [4.78, 5) is 9.46. The number of anilines is 1. The van der Waals surface area contributed by atoms with E-state index in [2.05, 4.69) is 27.9 Å². The predicted molar refractivity (Wildman–Crippen MR) is 90.9 cm³/mol. The van der Waals surface area contributed by atoms with Crippen LogP contribution in [0, 0.1) is 18.8 Å². The number of imidazole rings is 1. The van der Waals surface area contributed by atoms with Gasteiger partial charge in [-0.05, 0) is 52.0 Å². The Hall–Kier alpha value is -1.66. The van der Waals surface area contributed by atoms with E-state index in [0.717, 1.165) is 29.1 Å². The van der Waals surface area contributed by atoms with Gasteiger partial charge in [0.15, 0.2) is 11.4 Å². The minimum absolute atomic E-state index is 0.103. The summed E-state index contributed by atoms with van der Waals surface area (Å²) in [5.41, 5.74) is 3.97. The first-order chi connectivity index (χ1) is 11.5. The summed E-state index contributed by atoms with van der Waals surface area (Å²) in [5.74, 6) is 0.756. The SMILES string of the molecule is CCNc1cc(C)nc2c1ncn2[C@@H]1[C@H]2C[C@H]2[C@H]2OC(C)(C)O[C@H]21. The number of fused-ring (bicyclic) bond motifs is 4. The first-order valence-corrected chi connectivity index (χ1v) is 8.92. The standard InChI is InChI=1S/C18H24N4O2/c1-5-19-12-6-9(2)21-17-13(12)20-8-22(17)14-10-7-11(10)15-16(14)24-18(3,4)23-15/h6,8,10-11,14-16H,5,7H2,1-4H3,(H,19,21)/t10-,11+,14+,15+,16-/m0/s1. The Kier molecular flexibility index (Phi) is 2.87. The number of hydrogen-bond acceptors (Lipinski definition) is 5. The maximum Gasteiger partial charge on any atom is 0.163 e. The molecule has 2 aromatic rings. The van der Waals surface area contributed by atoms with Crippen molar-refractivity contribution in [3.8, 4) is 0 Å². The molecule has 2 aromatic heterocycles. The zero-order valence-corrected chi connectivity index (χ0v) is 14.6. The third-order valence-electron chi connectivity index (χ3n) is 5.60. The van der Waals surface area contributed by atoms with Gasteiger partial charge in [0, 0.05) is 12.2 Å². The summed E-state index contributed by atoms with van der Waals surface area (Å²) in [6.07, 6.45) is 3.47. The number of hydrogen-bond donors (Lipinski definition) is 1. The van der Waals surface area contributed by atoms with E-state index in [1.807, 2.05) is 27.1 Å². The molecule has 6 nitrogen and oxygen atoms in total. The molecule has 128 valence electrons.